The highest BCUT2D eigenvalue weighted by Crippen LogP contribution is 2.15. The normalized spacial score (nSPS) is 12.8. The molecule has 0 aliphatic carbocycles. The van der Waals surface area contributed by atoms with Crippen LogP contribution in [-0.2, 0) is 21.1 Å². The van der Waals surface area contributed by atoms with Gasteiger partial charge in [0.05, 0.1) is 11.2 Å². The topological polar surface area (TPSA) is 76.4 Å². The Kier molecular flexibility index (Phi) is 5.26. The Hall–Kier alpha value is -1.79. The molecule has 2 aromatic rings. The van der Waals surface area contributed by atoms with Gasteiger partial charge in [-0.1, -0.05) is 11.6 Å². The van der Waals surface area contributed by atoms with Crippen molar-refractivity contribution in [2.45, 2.75) is 24.3 Å². The number of hydrogen-bond acceptors (Lipinski definition) is 4. The zero-order valence-electron chi connectivity index (χ0n) is 12.0. The number of hydrogen-bond donors (Lipinski definition) is 1. The van der Waals surface area contributed by atoms with Crippen LogP contribution in [0, 0.1) is 0 Å². The summed E-state index contributed by atoms with van der Waals surface area (Å²) in [5.41, 5.74) is 0. The van der Waals surface area contributed by atoms with Gasteiger partial charge >= 0.3 is 0 Å². The Morgan fingerprint density at radius 2 is 1.95 bits per heavy atom. The first kappa shape index (κ1) is 16.6. The summed E-state index contributed by atoms with van der Waals surface area (Å²) >= 11 is 5.72. The van der Waals surface area contributed by atoms with E-state index in [1.165, 1.54) is 24.3 Å². The van der Waals surface area contributed by atoms with E-state index in [-0.39, 0.29) is 10.9 Å². The van der Waals surface area contributed by atoms with Gasteiger partial charge < -0.3 is 9.73 Å². The van der Waals surface area contributed by atoms with Crippen molar-refractivity contribution in [1.82, 2.24) is 5.32 Å². The quantitative estimate of drug-likeness (QED) is 0.875. The molecule has 1 aromatic heterocycles. The molecule has 1 heterocycles. The van der Waals surface area contributed by atoms with Gasteiger partial charge in [-0.2, -0.15) is 0 Å². The van der Waals surface area contributed by atoms with Gasteiger partial charge in [0.2, 0.25) is 5.91 Å². The predicted octanol–water partition coefficient (Wildman–Crippen LogP) is 2.45. The summed E-state index contributed by atoms with van der Waals surface area (Å²) in [5.74, 6) is -0.417. The first-order chi connectivity index (χ1) is 10.4. The number of halogens is 1. The van der Waals surface area contributed by atoms with E-state index in [9.17, 15) is 13.2 Å². The van der Waals surface area contributed by atoms with Crippen molar-refractivity contribution in [2.75, 3.05) is 5.75 Å². The fraction of sp³-hybridized carbons (Fsp3) is 0.267. The highest BCUT2D eigenvalue weighted by Gasteiger charge is 2.20. The van der Waals surface area contributed by atoms with Crippen molar-refractivity contribution in [2.24, 2.45) is 0 Å². The molecule has 1 unspecified atom stereocenters. The third kappa shape index (κ3) is 4.61. The van der Waals surface area contributed by atoms with Crippen LogP contribution in [0.5, 0.6) is 0 Å². The number of carbonyl (C=O) groups excluding carboxylic acids is 1. The van der Waals surface area contributed by atoms with E-state index in [0.717, 1.165) is 5.76 Å². The standard InChI is InChI=1S/C15H16ClNO4S/c1-11(9-13-3-2-8-21-13)17-15(18)10-22(19,20)14-6-4-12(16)5-7-14/h2-8,11H,9-10H2,1H3,(H,17,18). The minimum absolute atomic E-state index is 0.0748. The summed E-state index contributed by atoms with van der Waals surface area (Å²) < 4.78 is 29.4. The van der Waals surface area contributed by atoms with E-state index in [0.29, 0.717) is 11.4 Å². The molecule has 0 bridgehead atoms. The average Bonchev–Trinajstić information content (AvgIpc) is 2.90. The largest absolute Gasteiger partial charge is 0.469 e. The maximum Gasteiger partial charge on any atom is 0.235 e. The molecule has 0 saturated carbocycles. The molecule has 5 nitrogen and oxygen atoms in total. The third-order valence-electron chi connectivity index (χ3n) is 2.99. The fourth-order valence-corrected chi connectivity index (χ4v) is 3.27. The first-order valence-electron chi connectivity index (χ1n) is 6.67. The number of amides is 1. The SMILES string of the molecule is CC(Cc1ccco1)NC(=O)CS(=O)(=O)c1ccc(Cl)cc1. The maximum atomic E-state index is 12.1. The summed E-state index contributed by atoms with van der Waals surface area (Å²) in [7, 11) is -3.68. The van der Waals surface area contributed by atoms with Crippen LogP contribution in [0.3, 0.4) is 0 Å². The number of carbonyl (C=O) groups is 1. The van der Waals surface area contributed by atoms with Crippen LogP contribution in [0.4, 0.5) is 0 Å². The minimum atomic E-state index is -3.68. The van der Waals surface area contributed by atoms with Crippen molar-refractivity contribution < 1.29 is 17.6 Å². The van der Waals surface area contributed by atoms with Gasteiger partial charge in [0.1, 0.15) is 11.5 Å². The van der Waals surface area contributed by atoms with Crippen molar-refractivity contribution in [3.8, 4) is 0 Å². The average molecular weight is 342 g/mol. The molecule has 0 fully saturated rings. The van der Waals surface area contributed by atoms with Gasteiger partial charge in [-0.25, -0.2) is 8.42 Å². The summed E-state index contributed by atoms with van der Waals surface area (Å²) in [6.07, 6.45) is 2.05. The smallest absolute Gasteiger partial charge is 0.235 e. The summed E-state index contributed by atoms with van der Waals surface area (Å²) in [6.45, 7) is 1.79. The molecular formula is C15H16ClNO4S. The number of rotatable bonds is 6. The van der Waals surface area contributed by atoms with Crippen LogP contribution in [0.25, 0.3) is 0 Å². The molecule has 1 atom stereocenters. The maximum absolute atomic E-state index is 12.1. The second kappa shape index (κ2) is 6.98. The summed E-state index contributed by atoms with van der Waals surface area (Å²) in [4.78, 5) is 12.0. The van der Waals surface area contributed by atoms with Gasteiger partial charge in [0.15, 0.2) is 9.84 Å². The van der Waals surface area contributed by atoms with E-state index >= 15 is 0 Å². The second-order valence-electron chi connectivity index (χ2n) is 4.97. The molecule has 0 radical (unpaired) electrons. The Labute approximate surface area is 134 Å². The van der Waals surface area contributed by atoms with Crippen LogP contribution in [0.1, 0.15) is 12.7 Å². The van der Waals surface area contributed by atoms with Crippen LogP contribution in [-0.4, -0.2) is 26.1 Å². The molecule has 0 saturated heterocycles. The van der Waals surface area contributed by atoms with Gasteiger partial charge in [-0.15, -0.1) is 0 Å². The molecule has 22 heavy (non-hydrogen) atoms. The molecule has 1 amide bonds. The van der Waals surface area contributed by atoms with E-state index < -0.39 is 21.5 Å². The molecule has 2 rings (SSSR count). The fourth-order valence-electron chi connectivity index (χ4n) is 2.00. The predicted molar refractivity (Wildman–Crippen MR) is 83.5 cm³/mol. The van der Waals surface area contributed by atoms with Crippen LogP contribution in [0.15, 0.2) is 52.0 Å². The Morgan fingerprint density at radius 1 is 1.27 bits per heavy atom. The van der Waals surface area contributed by atoms with E-state index in [2.05, 4.69) is 5.32 Å². The van der Waals surface area contributed by atoms with E-state index in [4.69, 9.17) is 16.0 Å². The van der Waals surface area contributed by atoms with E-state index in [1.54, 1.807) is 25.3 Å². The third-order valence-corrected chi connectivity index (χ3v) is 4.87. The van der Waals surface area contributed by atoms with E-state index in [1.807, 2.05) is 0 Å². The number of furan rings is 1. The lowest BCUT2D eigenvalue weighted by atomic mass is 10.2. The highest BCUT2D eigenvalue weighted by atomic mass is 35.5. The molecule has 0 spiro atoms. The van der Waals surface area contributed by atoms with Gasteiger partial charge in [0, 0.05) is 17.5 Å². The van der Waals surface area contributed by atoms with Gasteiger partial charge in [-0.3, -0.25) is 4.79 Å². The molecule has 1 aromatic carbocycles. The van der Waals surface area contributed by atoms with Crippen molar-refractivity contribution in [1.29, 1.82) is 0 Å². The molecule has 0 aliphatic heterocycles. The Balaban J connectivity index is 1.94. The zero-order chi connectivity index (χ0) is 16.2. The molecule has 7 heteroatoms. The van der Waals surface area contributed by atoms with Crippen molar-refractivity contribution in [3.05, 3.63) is 53.4 Å². The number of benzene rings is 1. The Bertz CT molecular complexity index is 723. The van der Waals surface area contributed by atoms with Crippen molar-refractivity contribution in [3.63, 3.8) is 0 Å². The molecule has 0 aliphatic rings. The lowest BCUT2D eigenvalue weighted by Crippen LogP contribution is -2.37. The lowest BCUT2D eigenvalue weighted by Gasteiger charge is -2.12. The van der Waals surface area contributed by atoms with Crippen molar-refractivity contribution >= 4 is 27.3 Å². The molecule has 1 N–H and O–H groups in total. The monoisotopic (exact) mass is 341 g/mol. The zero-order valence-corrected chi connectivity index (χ0v) is 13.5. The summed E-state index contributed by atoms with van der Waals surface area (Å²) in [5, 5.41) is 3.09. The van der Waals surface area contributed by atoms with Gasteiger partial charge in [-0.05, 0) is 43.3 Å². The molecular weight excluding hydrogens is 326 g/mol. The van der Waals surface area contributed by atoms with Crippen LogP contribution in [0.2, 0.25) is 5.02 Å². The molecule has 118 valence electrons. The van der Waals surface area contributed by atoms with Gasteiger partial charge in [0.25, 0.3) is 0 Å². The lowest BCUT2D eigenvalue weighted by molar-refractivity contribution is -0.119. The minimum Gasteiger partial charge on any atom is -0.469 e. The number of sulfone groups is 1. The van der Waals surface area contributed by atoms with Crippen LogP contribution >= 0.6 is 11.6 Å². The second-order valence-corrected chi connectivity index (χ2v) is 7.39. The summed E-state index contributed by atoms with van der Waals surface area (Å²) in [6, 6.07) is 9.06. The Morgan fingerprint density at radius 3 is 2.55 bits per heavy atom. The van der Waals surface area contributed by atoms with Crippen LogP contribution < -0.4 is 5.32 Å². The highest BCUT2D eigenvalue weighted by molar-refractivity contribution is 7.92. The number of nitrogens with one attached hydrogen (secondary N) is 1. The first-order valence-corrected chi connectivity index (χ1v) is 8.70.